The third-order valence-corrected chi connectivity index (χ3v) is 2.75. The van der Waals surface area contributed by atoms with E-state index in [1.807, 2.05) is 0 Å². The molecule has 0 N–H and O–H groups in total. The van der Waals surface area contributed by atoms with Crippen molar-refractivity contribution in [2.75, 3.05) is 0 Å². The van der Waals surface area contributed by atoms with Gasteiger partial charge in [-0.3, -0.25) is 4.79 Å². The third-order valence-electron chi connectivity index (χ3n) is 2.01. The Labute approximate surface area is 100 Å². The van der Waals surface area contributed by atoms with E-state index in [0.717, 1.165) is 11.5 Å². The average molecular weight is 257 g/mol. The lowest BCUT2D eigenvalue weighted by molar-refractivity contribution is 0.0987. The summed E-state index contributed by atoms with van der Waals surface area (Å²) in [6.45, 7) is 0. The molecule has 0 saturated carbocycles. The fraction of sp³-hybridized carbons (Fsp3) is 0.100. The third kappa shape index (κ3) is 2.43. The average Bonchev–Trinajstić information content (AvgIpc) is 2.75. The fourth-order valence-corrected chi connectivity index (χ4v) is 1.83. The zero-order chi connectivity index (χ0) is 11.5. The molecule has 0 aliphatic rings. The summed E-state index contributed by atoms with van der Waals surface area (Å²) in [4.78, 5) is 11.6. The van der Waals surface area contributed by atoms with Gasteiger partial charge in [-0.25, -0.2) is 4.39 Å². The van der Waals surface area contributed by atoms with Crippen LogP contribution in [0.5, 0.6) is 0 Å². The molecule has 82 valence electrons. The number of ketones is 1. The smallest absolute Gasteiger partial charge is 0.188 e. The zero-order valence-corrected chi connectivity index (χ0v) is 9.56. The number of benzene rings is 1. The summed E-state index contributed by atoms with van der Waals surface area (Å²) >= 11 is 6.70. The second-order valence-corrected chi connectivity index (χ2v) is 4.17. The molecule has 3 nitrogen and oxygen atoms in total. The van der Waals surface area contributed by atoms with Crippen molar-refractivity contribution >= 4 is 28.9 Å². The molecule has 0 fully saturated rings. The summed E-state index contributed by atoms with van der Waals surface area (Å²) in [5, 5.41) is 5.48. The minimum atomic E-state index is -0.482. The van der Waals surface area contributed by atoms with Crippen LogP contribution in [-0.2, 0) is 6.42 Å². The number of rotatable bonds is 3. The van der Waals surface area contributed by atoms with Gasteiger partial charge >= 0.3 is 0 Å². The molecular formula is C10H6ClFN2OS. The summed E-state index contributed by atoms with van der Waals surface area (Å²) < 4.78 is 17.0. The fourth-order valence-electron chi connectivity index (χ4n) is 1.21. The number of hydrogen-bond donors (Lipinski definition) is 0. The van der Waals surface area contributed by atoms with E-state index < -0.39 is 5.82 Å². The number of halogens is 2. The van der Waals surface area contributed by atoms with Gasteiger partial charge in [0.1, 0.15) is 11.5 Å². The molecule has 0 aliphatic carbocycles. The van der Waals surface area contributed by atoms with Crippen LogP contribution in [0.3, 0.4) is 0 Å². The second-order valence-electron chi connectivity index (χ2n) is 3.13. The van der Waals surface area contributed by atoms with Crippen molar-refractivity contribution in [2.45, 2.75) is 6.42 Å². The molecule has 6 heteroatoms. The Morgan fingerprint density at radius 1 is 1.50 bits per heavy atom. The van der Waals surface area contributed by atoms with E-state index in [1.165, 1.54) is 17.5 Å². The molecule has 0 aliphatic heterocycles. The molecule has 0 unspecified atom stereocenters. The highest BCUT2D eigenvalue weighted by Gasteiger charge is 2.12. The first-order valence-electron chi connectivity index (χ1n) is 4.41. The lowest BCUT2D eigenvalue weighted by Crippen LogP contribution is -2.05. The highest BCUT2D eigenvalue weighted by Crippen LogP contribution is 2.16. The van der Waals surface area contributed by atoms with Crippen LogP contribution < -0.4 is 0 Å². The monoisotopic (exact) mass is 256 g/mol. The molecule has 0 saturated heterocycles. The van der Waals surface area contributed by atoms with Crippen LogP contribution >= 0.6 is 23.1 Å². The van der Waals surface area contributed by atoms with Crippen molar-refractivity contribution in [3.63, 3.8) is 0 Å². The van der Waals surface area contributed by atoms with Crippen LogP contribution in [0.25, 0.3) is 0 Å². The van der Waals surface area contributed by atoms with Crippen LogP contribution in [0.4, 0.5) is 4.39 Å². The molecule has 0 spiro atoms. The number of carbonyl (C=O) groups is 1. The highest BCUT2D eigenvalue weighted by atomic mass is 35.5. The van der Waals surface area contributed by atoms with Crippen molar-refractivity contribution in [3.05, 3.63) is 45.7 Å². The van der Waals surface area contributed by atoms with E-state index in [-0.39, 0.29) is 17.9 Å². The van der Waals surface area contributed by atoms with Gasteiger partial charge < -0.3 is 0 Å². The summed E-state index contributed by atoms with van der Waals surface area (Å²) in [7, 11) is 0. The van der Waals surface area contributed by atoms with Crippen LogP contribution in [0, 0.1) is 5.82 Å². The SMILES string of the molecule is O=C(Cc1ccc(Cl)cc1F)c1csnn1. The number of hydrogen-bond acceptors (Lipinski definition) is 4. The maximum absolute atomic E-state index is 13.4. The Morgan fingerprint density at radius 3 is 2.94 bits per heavy atom. The molecular weight excluding hydrogens is 251 g/mol. The van der Waals surface area contributed by atoms with E-state index in [9.17, 15) is 9.18 Å². The van der Waals surface area contributed by atoms with E-state index >= 15 is 0 Å². The van der Waals surface area contributed by atoms with Crippen LogP contribution in [0.1, 0.15) is 16.1 Å². The molecule has 1 heterocycles. The summed E-state index contributed by atoms with van der Waals surface area (Å²) in [5.74, 6) is -0.737. The Bertz CT molecular complexity index is 516. The van der Waals surface area contributed by atoms with Gasteiger partial charge in [0.05, 0.1) is 0 Å². The quantitative estimate of drug-likeness (QED) is 0.793. The molecule has 1 aromatic heterocycles. The molecule has 0 atom stereocenters. The first kappa shape index (κ1) is 11.2. The first-order valence-corrected chi connectivity index (χ1v) is 5.62. The van der Waals surface area contributed by atoms with Crippen molar-refractivity contribution < 1.29 is 9.18 Å². The number of Topliss-reactive ketones (excluding diaryl/α,β-unsaturated/α-hetero) is 1. The Kier molecular flexibility index (Phi) is 3.26. The van der Waals surface area contributed by atoms with Gasteiger partial charge in [-0.15, -0.1) is 5.10 Å². The Balaban J connectivity index is 2.18. The first-order chi connectivity index (χ1) is 7.66. The molecule has 0 bridgehead atoms. The number of nitrogens with zero attached hydrogens (tertiary/aromatic N) is 2. The summed E-state index contributed by atoms with van der Waals surface area (Å²) in [6, 6.07) is 4.23. The Hall–Kier alpha value is -1.33. The molecule has 2 rings (SSSR count). The molecule has 16 heavy (non-hydrogen) atoms. The summed E-state index contributed by atoms with van der Waals surface area (Å²) in [6.07, 6.45) is -0.0333. The van der Waals surface area contributed by atoms with Gasteiger partial charge in [0, 0.05) is 16.8 Å². The number of aromatic nitrogens is 2. The topological polar surface area (TPSA) is 42.9 Å². The van der Waals surface area contributed by atoms with Gasteiger partial charge in [0.25, 0.3) is 0 Å². The molecule has 0 amide bonds. The molecule has 0 radical (unpaired) electrons. The van der Waals surface area contributed by atoms with Crippen LogP contribution in [0.15, 0.2) is 23.6 Å². The predicted octanol–water partition coefficient (Wildman–Crippen LogP) is 2.76. The van der Waals surface area contributed by atoms with Gasteiger partial charge in [-0.05, 0) is 29.2 Å². The number of carbonyl (C=O) groups excluding carboxylic acids is 1. The zero-order valence-electron chi connectivity index (χ0n) is 7.98. The lowest BCUT2D eigenvalue weighted by atomic mass is 10.1. The highest BCUT2D eigenvalue weighted by molar-refractivity contribution is 7.03. The Morgan fingerprint density at radius 2 is 2.31 bits per heavy atom. The predicted molar refractivity (Wildman–Crippen MR) is 59.4 cm³/mol. The lowest BCUT2D eigenvalue weighted by Gasteiger charge is -2.01. The second kappa shape index (κ2) is 4.67. The maximum Gasteiger partial charge on any atom is 0.188 e. The van der Waals surface area contributed by atoms with Crippen molar-refractivity contribution in [1.29, 1.82) is 0 Å². The van der Waals surface area contributed by atoms with Gasteiger partial charge in [0.2, 0.25) is 0 Å². The maximum atomic E-state index is 13.4. The standard InChI is InChI=1S/C10H6ClFN2OS/c11-7-2-1-6(8(12)4-7)3-10(15)9-5-16-14-13-9/h1-2,4-5H,3H2. The minimum absolute atomic E-state index is 0.0333. The molecule has 2 aromatic rings. The van der Waals surface area contributed by atoms with Gasteiger partial charge in [-0.2, -0.15) is 0 Å². The summed E-state index contributed by atoms with van der Waals surface area (Å²) in [5.41, 5.74) is 0.571. The van der Waals surface area contributed by atoms with Crippen LogP contribution in [-0.4, -0.2) is 15.4 Å². The van der Waals surface area contributed by atoms with Gasteiger partial charge in [0.15, 0.2) is 5.78 Å². The largest absolute Gasteiger partial charge is 0.292 e. The normalized spacial score (nSPS) is 10.4. The van der Waals surface area contributed by atoms with Gasteiger partial charge in [-0.1, -0.05) is 22.2 Å². The van der Waals surface area contributed by atoms with Crippen molar-refractivity contribution in [3.8, 4) is 0 Å². The van der Waals surface area contributed by atoms with E-state index in [4.69, 9.17) is 11.6 Å². The van der Waals surface area contributed by atoms with E-state index in [0.29, 0.717) is 10.6 Å². The van der Waals surface area contributed by atoms with Crippen molar-refractivity contribution in [1.82, 2.24) is 9.59 Å². The van der Waals surface area contributed by atoms with E-state index in [1.54, 1.807) is 6.07 Å². The van der Waals surface area contributed by atoms with Crippen LogP contribution in [0.2, 0.25) is 5.02 Å². The van der Waals surface area contributed by atoms with E-state index in [2.05, 4.69) is 9.59 Å². The minimum Gasteiger partial charge on any atom is -0.292 e. The molecule has 1 aromatic carbocycles. The van der Waals surface area contributed by atoms with Crippen molar-refractivity contribution in [2.24, 2.45) is 0 Å².